The normalized spacial score (nSPS) is 13.4. The minimum atomic E-state index is -1.24. The Morgan fingerprint density at radius 3 is 2.19 bits per heavy atom. The van der Waals surface area contributed by atoms with E-state index < -0.39 is 23.9 Å². The van der Waals surface area contributed by atoms with Crippen LogP contribution >= 0.6 is 0 Å². The third-order valence-corrected chi connectivity index (χ3v) is 3.33. The number of amides is 2. The lowest BCUT2D eigenvalue weighted by Gasteiger charge is -2.12. The van der Waals surface area contributed by atoms with Crippen LogP contribution in [0.3, 0.4) is 0 Å². The second-order valence-electron chi connectivity index (χ2n) is 4.98. The van der Waals surface area contributed by atoms with Gasteiger partial charge in [-0.3, -0.25) is 14.4 Å². The van der Waals surface area contributed by atoms with Gasteiger partial charge in [0.05, 0.1) is 19.8 Å². The van der Waals surface area contributed by atoms with Crippen molar-refractivity contribution in [3.63, 3.8) is 0 Å². The predicted octanol–water partition coefficient (Wildman–Crippen LogP) is 1.08. The van der Waals surface area contributed by atoms with Crippen LogP contribution in [-0.2, 0) is 23.9 Å². The van der Waals surface area contributed by atoms with E-state index in [-0.39, 0.29) is 31.6 Å². The minimum Gasteiger partial charge on any atom is -0.493 e. The molecule has 1 aromatic rings. The third-order valence-electron chi connectivity index (χ3n) is 3.33. The van der Waals surface area contributed by atoms with Gasteiger partial charge in [0.2, 0.25) is 0 Å². The van der Waals surface area contributed by atoms with Crippen LogP contribution in [0.25, 0.3) is 0 Å². The molecule has 0 spiro atoms. The fourth-order valence-corrected chi connectivity index (χ4v) is 2.06. The van der Waals surface area contributed by atoms with Gasteiger partial charge in [0.1, 0.15) is 13.2 Å². The van der Waals surface area contributed by atoms with Gasteiger partial charge in [-0.05, 0) is 18.2 Å². The Morgan fingerprint density at radius 1 is 0.962 bits per heavy atom. The quantitative estimate of drug-likeness (QED) is 0.396. The molecule has 10 nitrogen and oxygen atoms in total. The summed E-state index contributed by atoms with van der Waals surface area (Å²) in [6.07, 6.45) is -1.28. The lowest BCUT2D eigenvalue weighted by atomic mass is 10.2. The second kappa shape index (κ2) is 8.70. The molecule has 0 radical (unpaired) electrons. The fraction of sp³-hybridized carbons (Fsp3) is 0.375. The summed E-state index contributed by atoms with van der Waals surface area (Å²) in [5, 5.41) is 0.359. The van der Waals surface area contributed by atoms with Gasteiger partial charge < -0.3 is 18.9 Å². The number of ether oxygens (including phenoxy) is 4. The van der Waals surface area contributed by atoms with Crippen molar-refractivity contribution in [3.8, 4) is 11.5 Å². The van der Waals surface area contributed by atoms with Crippen LogP contribution in [0.2, 0.25) is 0 Å². The maximum absolute atomic E-state index is 11.9. The van der Waals surface area contributed by atoms with Gasteiger partial charge in [-0.25, -0.2) is 9.59 Å². The van der Waals surface area contributed by atoms with E-state index in [1.54, 1.807) is 6.07 Å². The number of hydroxylamine groups is 2. The van der Waals surface area contributed by atoms with Crippen molar-refractivity contribution >= 4 is 23.9 Å². The SMILES string of the molecule is COc1ccc(C(=O)OCCOC(=O)ON2C(=O)CCC2=O)cc1OC. The average Bonchev–Trinajstić information content (AvgIpc) is 2.96. The number of hydrogen-bond donors (Lipinski definition) is 0. The van der Waals surface area contributed by atoms with Gasteiger partial charge in [-0.2, -0.15) is 0 Å². The highest BCUT2D eigenvalue weighted by molar-refractivity contribution is 6.01. The van der Waals surface area contributed by atoms with E-state index in [0.29, 0.717) is 16.6 Å². The molecule has 1 saturated heterocycles. The lowest BCUT2D eigenvalue weighted by Crippen LogP contribution is -2.32. The van der Waals surface area contributed by atoms with Gasteiger partial charge in [-0.15, -0.1) is 0 Å². The third kappa shape index (κ3) is 4.62. The molecule has 1 heterocycles. The molecule has 0 atom stereocenters. The topological polar surface area (TPSA) is 118 Å². The highest BCUT2D eigenvalue weighted by Gasteiger charge is 2.33. The van der Waals surface area contributed by atoms with Crippen molar-refractivity contribution in [1.82, 2.24) is 5.06 Å². The molecule has 0 unspecified atom stereocenters. The van der Waals surface area contributed by atoms with Crippen LogP contribution in [0.4, 0.5) is 4.79 Å². The van der Waals surface area contributed by atoms with Crippen molar-refractivity contribution in [2.45, 2.75) is 12.8 Å². The maximum atomic E-state index is 11.9. The van der Waals surface area contributed by atoms with E-state index in [1.165, 1.54) is 26.4 Å². The van der Waals surface area contributed by atoms with Gasteiger partial charge in [0.25, 0.3) is 11.8 Å². The highest BCUT2D eigenvalue weighted by atomic mass is 16.8. The average molecular weight is 367 g/mol. The molecule has 1 aliphatic rings. The van der Waals surface area contributed by atoms with Crippen LogP contribution < -0.4 is 9.47 Å². The summed E-state index contributed by atoms with van der Waals surface area (Å²) in [6, 6.07) is 4.48. The Bertz CT molecular complexity index is 700. The molecule has 10 heteroatoms. The number of carbonyl (C=O) groups is 4. The standard InChI is InChI=1S/C16H17NO9/c1-22-11-4-3-10(9-12(11)23-2)15(20)24-7-8-25-16(21)26-17-13(18)5-6-14(17)19/h3-4,9H,5-8H2,1-2H3. The van der Waals surface area contributed by atoms with Crippen LogP contribution in [-0.4, -0.2) is 56.4 Å². The van der Waals surface area contributed by atoms with Crippen molar-refractivity contribution in [1.29, 1.82) is 0 Å². The monoisotopic (exact) mass is 367 g/mol. The largest absolute Gasteiger partial charge is 0.534 e. The second-order valence-corrected chi connectivity index (χ2v) is 4.98. The summed E-state index contributed by atoms with van der Waals surface area (Å²) in [6.45, 7) is -0.557. The van der Waals surface area contributed by atoms with Crippen LogP contribution in [0.1, 0.15) is 23.2 Å². The number of esters is 1. The molecule has 26 heavy (non-hydrogen) atoms. The van der Waals surface area contributed by atoms with E-state index in [0.717, 1.165) is 0 Å². The summed E-state index contributed by atoms with van der Waals surface area (Å²) in [5.74, 6) is -1.07. The Hall–Kier alpha value is -3.30. The first-order chi connectivity index (χ1) is 12.5. The van der Waals surface area contributed by atoms with Gasteiger partial charge in [0.15, 0.2) is 11.5 Å². The van der Waals surface area contributed by atoms with E-state index in [9.17, 15) is 19.2 Å². The van der Waals surface area contributed by atoms with Crippen molar-refractivity contribution in [2.75, 3.05) is 27.4 Å². The molecule has 1 aliphatic heterocycles. The molecular weight excluding hydrogens is 350 g/mol. The summed E-state index contributed by atoms with van der Waals surface area (Å²) >= 11 is 0. The van der Waals surface area contributed by atoms with Crippen LogP contribution in [0.5, 0.6) is 11.5 Å². The Labute approximate surface area is 148 Å². The number of hydrogen-bond acceptors (Lipinski definition) is 9. The van der Waals surface area contributed by atoms with Gasteiger partial charge in [-0.1, -0.05) is 5.06 Å². The van der Waals surface area contributed by atoms with Crippen LogP contribution in [0.15, 0.2) is 18.2 Å². The van der Waals surface area contributed by atoms with Crippen LogP contribution in [0, 0.1) is 0 Å². The number of carbonyl (C=O) groups excluding carboxylic acids is 4. The smallest absolute Gasteiger partial charge is 0.493 e. The maximum Gasteiger partial charge on any atom is 0.534 e. The number of rotatable bonds is 7. The zero-order chi connectivity index (χ0) is 19.1. The molecule has 0 aromatic heterocycles. The van der Waals surface area contributed by atoms with Crippen molar-refractivity contribution in [2.24, 2.45) is 0 Å². The molecule has 0 N–H and O–H groups in total. The first-order valence-corrected chi connectivity index (χ1v) is 7.56. The lowest BCUT2D eigenvalue weighted by molar-refractivity contribution is -0.177. The number of imide groups is 1. The van der Waals surface area contributed by atoms with E-state index >= 15 is 0 Å². The molecule has 0 bridgehead atoms. The number of nitrogens with zero attached hydrogens (tertiary/aromatic N) is 1. The Kier molecular flexibility index (Phi) is 6.36. The molecule has 1 aromatic carbocycles. The summed E-state index contributed by atoms with van der Waals surface area (Å²) in [5.41, 5.74) is 0.221. The zero-order valence-electron chi connectivity index (χ0n) is 14.2. The Morgan fingerprint density at radius 2 is 1.58 bits per heavy atom. The summed E-state index contributed by atoms with van der Waals surface area (Å²) in [4.78, 5) is 50.4. The van der Waals surface area contributed by atoms with Crippen molar-refractivity contribution < 1.29 is 43.0 Å². The number of benzene rings is 1. The molecule has 2 rings (SSSR count). The Balaban J connectivity index is 1.75. The number of methoxy groups -OCH3 is 2. The molecule has 2 amide bonds. The molecule has 140 valence electrons. The zero-order valence-corrected chi connectivity index (χ0v) is 14.2. The fourth-order valence-electron chi connectivity index (χ4n) is 2.06. The molecular formula is C16H17NO9. The minimum absolute atomic E-state index is 0.0188. The molecule has 0 saturated carbocycles. The highest BCUT2D eigenvalue weighted by Crippen LogP contribution is 2.27. The van der Waals surface area contributed by atoms with E-state index in [1.807, 2.05) is 0 Å². The first kappa shape index (κ1) is 19.0. The van der Waals surface area contributed by atoms with Gasteiger partial charge >= 0.3 is 12.1 Å². The molecule has 1 fully saturated rings. The predicted molar refractivity (Wildman–Crippen MR) is 83.3 cm³/mol. The van der Waals surface area contributed by atoms with E-state index in [4.69, 9.17) is 14.2 Å². The van der Waals surface area contributed by atoms with Crippen molar-refractivity contribution in [3.05, 3.63) is 23.8 Å². The van der Waals surface area contributed by atoms with E-state index in [2.05, 4.69) is 9.57 Å². The van der Waals surface area contributed by atoms with Gasteiger partial charge in [0, 0.05) is 12.8 Å². The summed E-state index contributed by atoms with van der Waals surface area (Å²) < 4.78 is 19.7. The summed E-state index contributed by atoms with van der Waals surface area (Å²) in [7, 11) is 2.90. The first-order valence-electron chi connectivity index (χ1n) is 7.56. The molecule has 0 aliphatic carbocycles.